The number of hydrogen-bond acceptors (Lipinski definition) is 4. The number of carbonyl (C=O) groups is 1. The lowest BCUT2D eigenvalue weighted by atomic mass is 10.2. The number of rotatable bonds is 6. The van der Waals surface area contributed by atoms with Crippen molar-refractivity contribution >= 4 is 17.2 Å². The Morgan fingerprint density at radius 2 is 2.56 bits per heavy atom. The van der Waals surface area contributed by atoms with Gasteiger partial charge in [0, 0.05) is 17.5 Å². The van der Waals surface area contributed by atoms with Gasteiger partial charge in [0.05, 0.1) is 13.1 Å². The molecular weight excluding hydrogens is 246 g/mol. The van der Waals surface area contributed by atoms with Crippen LogP contribution in [0.1, 0.15) is 17.7 Å². The number of nitrogens with one attached hydrogen (secondary N) is 2. The molecule has 0 spiro atoms. The van der Waals surface area contributed by atoms with Crippen molar-refractivity contribution in [3.05, 3.63) is 22.4 Å². The summed E-state index contributed by atoms with van der Waals surface area (Å²) in [5.74, 6) is 0.101. The van der Waals surface area contributed by atoms with Crippen molar-refractivity contribution < 1.29 is 4.79 Å². The van der Waals surface area contributed by atoms with Crippen molar-refractivity contribution in [3.8, 4) is 0 Å². The molecule has 1 atom stereocenters. The second-order valence-electron chi connectivity index (χ2n) is 4.85. The maximum absolute atomic E-state index is 11.8. The minimum atomic E-state index is 0.101. The fraction of sp³-hybridized carbons (Fsp3) is 0.615. The Labute approximate surface area is 112 Å². The van der Waals surface area contributed by atoms with Crippen LogP contribution in [0.4, 0.5) is 0 Å². The Bertz CT molecular complexity index is 360. The van der Waals surface area contributed by atoms with E-state index in [9.17, 15) is 4.79 Å². The number of thiophene rings is 1. The van der Waals surface area contributed by atoms with Crippen molar-refractivity contribution in [3.63, 3.8) is 0 Å². The summed E-state index contributed by atoms with van der Waals surface area (Å²) in [6.07, 6.45) is 2.48. The normalized spacial score (nSPS) is 19.3. The van der Waals surface area contributed by atoms with Crippen molar-refractivity contribution in [2.24, 2.45) is 0 Å². The quantitative estimate of drug-likeness (QED) is 0.810. The third kappa shape index (κ3) is 4.40. The summed E-state index contributed by atoms with van der Waals surface area (Å²) in [5, 5.41) is 8.42. The molecule has 0 aromatic carbocycles. The third-order valence-electron chi connectivity index (χ3n) is 3.15. The van der Waals surface area contributed by atoms with Gasteiger partial charge in [-0.1, -0.05) is 6.07 Å². The molecule has 1 fully saturated rings. The highest BCUT2D eigenvalue weighted by Gasteiger charge is 2.17. The number of amides is 1. The lowest BCUT2D eigenvalue weighted by molar-refractivity contribution is -0.122. The molecule has 1 aliphatic heterocycles. The smallest absolute Gasteiger partial charge is 0.234 e. The third-order valence-corrected chi connectivity index (χ3v) is 4.02. The standard InChI is InChI=1S/C13H21N3OS/c1-16(9-11-4-2-6-14-11)10-13(17)15-8-12-5-3-7-18-12/h3,5,7,11,14H,2,4,6,8-10H2,1H3,(H,15,17). The zero-order chi connectivity index (χ0) is 12.8. The lowest BCUT2D eigenvalue weighted by Gasteiger charge is -2.20. The first kappa shape index (κ1) is 13.5. The summed E-state index contributed by atoms with van der Waals surface area (Å²) >= 11 is 1.67. The predicted molar refractivity (Wildman–Crippen MR) is 74.7 cm³/mol. The van der Waals surface area contributed by atoms with E-state index in [4.69, 9.17) is 0 Å². The Hall–Kier alpha value is -0.910. The van der Waals surface area contributed by atoms with E-state index in [0.29, 0.717) is 19.1 Å². The molecule has 2 heterocycles. The van der Waals surface area contributed by atoms with E-state index in [1.165, 1.54) is 17.7 Å². The summed E-state index contributed by atoms with van der Waals surface area (Å²) in [6, 6.07) is 4.60. The molecular formula is C13H21N3OS. The fourth-order valence-corrected chi connectivity index (χ4v) is 2.90. The molecule has 4 nitrogen and oxygen atoms in total. The van der Waals surface area contributed by atoms with Crippen LogP contribution in [0, 0.1) is 0 Å². The van der Waals surface area contributed by atoms with E-state index >= 15 is 0 Å². The van der Waals surface area contributed by atoms with Crippen molar-refractivity contribution in [2.75, 3.05) is 26.7 Å². The van der Waals surface area contributed by atoms with Gasteiger partial charge in [-0.2, -0.15) is 0 Å². The van der Waals surface area contributed by atoms with Gasteiger partial charge in [-0.3, -0.25) is 9.69 Å². The maximum Gasteiger partial charge on any atom is 0.234 e. The second-order valence-corrected chi connectivity index (χ2v) is 5.88. The minimum Gasteiger partial charge on any atom is -0.350 e. The molecule has 0 radical (unpaired) electrons. The molecule has 5 heteroatoms. The zero-order valence-electron chi connectivity index (χ0n) is 10.8. The van der Waals surface area contributed by atoms with E-state index < -0.39 is 0 Å². The van der Waals surface area contributed by atoms with Crippen molar-refractivity contribution in [1.82, 2.24) is 15.5 Å². The number of hydrogen-bond donors (Lipinski definition) is 2. The van der Waals surface area contributed by atoms with E-state index in [2.05, 4.69) is 15.5 Å². The van der Waals surface area contributed by atoms with Crippen LogP contribution in [-0.2, 0) is 11.3 Å². The summed E-state index contributed by atoms with van der Waals surface area (Å²) in [4.78, 5) is 15.0. The Morgan fingerprint density at radius 3 is 3.22 bits per heavy atom. The molecule has 1 aromatic heterocycles. The Balaban J connectivity index is 1.63. The van der Waals surface area contributed by atoms with Gasteiger partial charge in [0.1, 0.15) is 0 Å². The fourth-order valence-electron chi connectivity index (χ4n) is 2.25. The number of carbonyl (C=O) groups excluding carboxylic acids is 1. The average Bonchev–Trinajstić information content (AvgIpc) is 2.98. The van der Waals surface area contributed by atoms with Crippen LogP contribution in [0.15, 0.2) is 17.5 Å². The summed E-state index contributed by atoms with van der Waals surface area (Å²) in [7, 11) is 2.00. The van der Waals surface area contributed by atoms with Gasteiger partial charge in [0.15, 0.2) is 0 Å². The van der Waals surface area contributed by atoms with Gasteiger partial charge >= 0.3 is 0 Å². The largest absolute Gasteiger partial charge is 0.350 e. The van der Waals surface area contributed by atoms with Gasteiger partial charge in [-0.15, -0.1) is 11.3 Å². The van der Waals surface area contributed by atoms with Crippen LogP contribution in [0.25, 0.3) is 0 Å². The topological polar surface area (TPSA) is 44.4 Å². The molecule has 0 aliphatic carbocycles. The van der Waals surface area contributed by atoms with Crippen LogP contribution >= 0.6 is 11.3 Å². The molecule has 2 rings (SSSR count). The molecule has 18 heavy (non-hydrogen) atoms. The van der Waals surface area contributed by atoms with E-state index in [1.807, 2.05) is 24.6 Å². The monoisotopic (exact) mass is 267 g/mol. The molecule has 1 amide bonds. The second kappa shape index (κ2) is 6.87. The first-order valence-corrected chi connectivity index (χ1v) is 7.33. The van der Waals surface area contributed by atoms with Gasteiger partial charge in [-0.05, 0) is 37.9 Å². The number of likely N-dealkylation sites (N-methyl/N-ethyl adjacent to an activating group) is 1. The van der Waals surface area contributed by atoms with Gasteiger partial charge in [-0.25, -0.2) is 0 Å². The summed E-state index contributed by atoms with van der Waals surface area (Å²) in [6.45, 7) is 3.19. The molecule has 1 aromatic rings. The minimum absolute atomic E-state index is 0.101. The molecule has 0 saturated carbocycles. The SMILES string of the molecule is CN(CC(=O)NCc1cccs1)CC1CCCN1. The molecule has 1 saturated heterocycles. The van der Waals surface area contributed by atoms with E-state index in [1.54, 1.807) is 11.3 Å². The highest BCUT2D eigenvalue weighted by atomic mass is 32.1. The van der Waals surface area contributed by atoms with Crippen molar-refractivity contribution in [1.29, 1.82) is 0 Å². The first-order valence-electron chi connectivity index (χ1n) is 6.45. The van der Waals surface area contributed by atoms with Gasteiger partial charge < -0.3 is 10.6 Å². The molecule has 1 unspecified atom stereocenters. The Morgan fingerprint density at radius 1 is 1.67 bits per heavy atom. The van der Waals surface area contributed by atoms with Crippen LogP contribution in [0.5, 0.6) is 0 Å². The summed E-state index contributed by atoms with van der Waals surface area (Å²) in [5.41, 5.74) is 0. The highest BCUT2D eigenvalue weighted by Crippen LogP contribution is 2.07. The average molecular weight is 267 g/mol. The number of nitrogens with zero attached hydrogens (tertiary/aromatic N) is 1. The van der Waals surface area contributed by atoms with Gasteiger partial charge in [0.2, 0.25) is 5.91 Å². The molecule has 2 N–H and O–H groups in total. The maximum atomic E-state index is 11.8. The highest BCUT2D eigenvalue weighted by molar-refractivity contribution is 7.09. The Kier molecular flexibility index (Phi) is 5.16. The molecule has 100 valence electrons. The molecule has 0 bridgehead atoms. The van der Waals surface area contributed by atoms with E-state index in [-0.39, 0.29) is 5.91 Å². The molecule has 1 aliphatic rings. The predicted octanol–water partition coefficient (Wildman–Crippen LogP) is 1.05. The van der Waals surface area contributed by atoms with Crippen LogP contribution < -0.4 is 10.6 Å². The van der Waals surface area contributed by atoms with Crippen LogP contribution in [-0.4, -0.2) is 43.5 Å². The lowest BCUT2D eigenvalue weighted by Crippen LogP contribution is -2.40. The van der Waals surface area contributed by atoms with Crippen molar-refractivity contribution in [2.45, 2.75) is 25.4 Å². The zero-order valence-corrected chi connectivity index (χ0v) is 11.6. The van der Waals surface area contributed by atoms with Crippen LogP contribution in [0.3, 0.4) is 0 Å². The van der Waals surface area contributed by atoms with Crippen LogP contribution in [0.2, 0.25) is 0 Å². The van der Waals surface area contributed by atoms with Gasteiger partial charge in [0.25, 0.3) is 0 Å². The van der Waals surface area contributed by atoms with E-state index in [0.717, 1.165) is 13.1 Å². The first-order chi connectivity index (χ1) is 8.74. The summed E-state index contributed by atoms with van der Waals surface area (Å²) < 4.78 is 0.